The molecule has 0 spiro atoms. The van der Waals surface area contributed by atoms with Gasteiger partial charge in [-0.05, 0) is 44.9 Å². The standard InChI is InChI=1S/C18H20N4O2/c1-10(2)22-8-13(7-19)17(21-22)20-18(23)15-9-24-16-6-12(4)11(3)5-14(15)16/h5-6,8,10,15H,9H2,1-4H3,(H,20,21,23). The first-order valence-corrected chi connectivity index (χ1v) is 7.94. The fourth-order valence-electron chi connectivity index (χ4n) is 2.72. The van der Waals surface area contributed by atoms with Crippen molar-refractivity contribution in [2.45, 2.75) is 39.7 Å². The summed E-state index contributed by atoms with van der Waals surface area (Å²) in [6, 6.07) is 6.15. The van der Waals surface area contributed by atoms with Crippen molar-refractivity contribution in [3.8, 4) is 11.8 Å². The van der Waals surface area contributed by atoms with Gasteiger partial charge in [0.15, 0.2) is 5.82 Å². The summed E-state index contributed by atoms with van der Waals surface area (Å²) in [5.74, 6) is 0.456. The Labute approximate surface area is 141 Å². The lowest BCUT2D eigenvalue weighted by atomic mass is 9.96. The van der Waals surface area contributed by atoms with Crippen LogP contribution >= 0.6 is 0 Å². The molecule has 124 valence electrons. The van der Waals surface area contributed by atoms with E-state index in [0.29, 0.717) is 18.0 Å². The highest BCUT2D eigenvalue weighted by molar-refractivity contribution is 5.97. The molecule has 0 radical (unpaired) electrons. The monoisotopic (exact) mass is 324 g/mol. The van der Waals surface area contributed by atoms with E-state index in [2.05, 4.69) is 16.5 Å². The molecule has 1 unspecified atom stereocenters. The van der Waals surface area contributed by atoms with Gasteiger partial charge in [-0.15, -0.1) is 0 Å². The quantitative estimate of drug-likeness (QED) is 0.941. The molecule has 1 aromatic heterocycles. The molecule has 0 saturated carbocycles. The third-order valence-electron chi connectivity index (χ3n) is 4.35. The van der Waals surface area contributed by atoms with Crippen LogP contribution in [0, 0.1) is 25.2 Å². The van der Waals surface area contributed by atoms with Crippen LogP contribution in [0.4, 0.5) is 5.82 Å². The first-order chi connectivity index (χ1) is 11.4. The highest BCUT2D eigenvalue weighted by Gasteiger charge is 2.31. The van der Waals surface area contributed by atoms with Gasteiger partial charge in [-0.3, -0.25) is 9.48 Å². The van der Waals surface area contributed by atoms with Crippen molar-refractivity contribution in [3.05, 3.63) is 40.6 Å². The molecule has 1 aromatic carbocycles. The van der Waals surface area contributed by atoms with Gasteiger partial charge in [-0.2, -0.15) is 10.4 Å². The summed E-state index contributed by atoms with van der Waals surface area (Å²) >= 11 is 0. The zero-order chi connectivity index (χ0) is 17.4. The average Bonchev–Trinajstić information content (AvgIpc) is 3.11. The van der Waals surface area contributed by atoms with Crippen LogP contribution in [0.3, 0.4) is 0 Å². The van der Waals surface area contributed by atoms with Gasteiger partial charge in [0, 0.05) is 17.8 Å². The molecule has 0 aliphatic carbocycles. The minimum absolute atomic E-state index is 0.115. The SMILES string of the molecule is Cc1cc2c(cc1C)C(C(=O)Nc1nn(C(C)C)cc1C#N)CO2. The van der Waals surface area contributed by atoms with Crippen LogP contribution in [0.25, 0.3) is 0 Å². The number of amides is 1. The topological polar surface area (TPSA) is 79.9 Å². The number of anilines is 1. The lowest BCUT2D eigenvalue weighted by Crippen LogP contribution is -2.23. The van der Waals surface area contributed by atoms with E-state index in [1.54, 1.807) is 10.9 Å². The Hall–Kier alpha value is -2.81. The zero-order valence-electron chi connectivity index (χ0n) is 14.3. The summed E-state index contributed by atoms with van der Waals surface area (Å²) in [6.45, 7) is 8.26. The maximum atomic E-state index is 12.7. The maximum Gasteiger partial charge on any atom is 0.236 e. The van der Waals surface area contributed by atoms with Gasteiger partial charge in [0.1, 0.15) is 29.9 Å². The smallest absolute Gasteiger partial charge is 0.236 e. The number of benzene rings is 1. The highest BCUT2D eigenvalue weighted by atomic mass is 16.5. The van der Waals surface area contributed by atoms with Crippen LogP contribution < -0.4 is 10.1 Å². The summed E-state index contributed by atoms with van der Waals surface area (Å²) in [5, 5.41) is 16.3. The molecule has 1 aliphatic rings. The molecule has 2 aromatic rings. The van der Waals surface area contributed by atoms with Crippen LogP contribution in [0.1, 0.15) is 48.1 Å². The average molecular weight is 324 g/mol. The molecule has 1 aliphatic heterocycles. The van der Waals surface area contributed by atoms with Crippen LogP contribution in [-0.4, -0.2) is 22.3 Å². The second kappa shape index (κ2) is 6.00. The summed E-state index contributed by atoms with van der Waals surface area (Å²) in [4.78, 5) is 12.7. The van der Waals surface area contributed by atoms with E-state index in [1.165, 1.54) is 0 Å². The van der Waals surface area contributed by atoms with Crippen molar-refractivity contribution in [3.63, 3.8) is 0 Å². The number of rotatable bonds is 3. The van der Waals surface area contributed by atoms with E-state index >= 15 is 0 Å². The van der Waals surface area contributed by atoms with Gasteiger partial charge >= 0.3 is 0 Å². The number of carbonyl (C=O) groups excluding carboxylic acids is 1. The predicted molar refractivity (Wildman–Crippen MR) is 90.1 cm³/mol. The van der Waals surface area contributed by atoms with Gasteiger partial charge in [-0.1, -0.05) is 6.07 Å². The molecule has 1 amide bonds. The van der Waals surface area contributed by atoms with Gasteiger partial charge < -0.3 is 10.1 Å². The Kier molecular flexibility index (Phi) is 4.02. The molecule has 6 nitrogen and oxygen atoms in total. The van der Waals surface area contributed by atoms with Crippen LogP contribution in [0.15, 0.2) is 18.3 Å². The van der Waals surface area contributed by atoms with Crippen LogP contribution in [-0.2, 0) is 4.79 Å². The molecule has 24 heavy (non-hydrogen) atoms. The summed E-state index contributed by atoms with van der Waals surface area (Å²) < 4.78 is 7.32. The Bertz CT molecular complexity index is 845. The molecular formula is C18H20N4O2. The first-order valence-electron chi connectivity index (χ1n) is 7.94. The zero-order valence-corrected chi connectivity index (χ0v) is 14.3. The molecule has 6 heteroatoms. The molecule has 2 heterocycles. The number of fused-ring (bicyclic) bond motifs is 1. The number of hydrogen-bond donors (Lipinski definition) is 1. The van der Waals surface area contributed by atoms with Crippen molar-refractivity contribution in [1.29, 1.82) is 5.26 Å². The number of hydrogen-bond acceptors (Lipinski definition) is 4. The Morgan fingerprint density at radius 3 is 2.79 bits per heavy atom. The van der Waals surface area contributed by atoms with Crippen molar-refractivity contribution in [2.75, 3.05) is 11.9 Å². The number of aromatic nitrogens is 2. The van der Waals surface area contributed by atoms with E-state index in [4.69, 9.17) is 4.74 Å². The normalized spacial score (nSPS) is 15.8. The third-order valence-corrected chi connectivity index (χ3v) is 4.35. The van der Waals surface area contributed by atoms with E-state index in [-0.39, 0.29) is 11.9 Å². The lowest BCUT2D eigenvalue weighted by molar-refractivity contribution is -0.117. The summed E-state index contributed by atoms with van der Waals surface area (Å²) in [6.07, 6.45) is 1.65. The second-order valence-corrected chi connectivity index (χ2v) is 6.40. The summed E-state index contributed by atoms with van der Waals surface area (Å²) in [7, 11) is 0. The van der Waals surface area contributed by atoms with Crippen LogP contribution in [0.2, 0.25) is 0 Å². The van der Waals surface area contributed by atoms with Crippen molar-refractivity contribution >= 4 is 11.7 Å². The van der Waals surface area contributed by atoms with Crippen molar-refractivity contribution in [2.24, 2.45) is 0 Å². The van der Waals surface area contributed by atoms with Crippen molar-refractivity contribution in [1.82, 2.24) is 9.78 Å². The third kappa shape index (κ3) is 2.73. The number of nitrogens with one attached hydrogen (secondary N) is 1. The molecule has 1 N–H and O–H groups in total. The number of ether oxygens (including phenoxy) is 1. The van der Waals surface area contributed by atoms with Gasteiger partial charge in [0.2, 0.25) is 5.91 Å². The molecule has 1 atom stereocenters. The maximum absolute atomic E-state index is 12.7. The second-order valence-electron chi connectivity index (χ2n) is 6.40. The Morgan fingerprint density at radius 1 is 1.42 bits per heavy atom. The van der Waals surface area contributed by atoms with Gasteiger partial charge in [0.05, 0.1) is 0 Å². The predicted octanol–water partition coefficient (Wildman–Crippen LogP) is 3.07. The van der Waals surface area contributed by atoms with Crippen molar-refractivity contribution < 1.29 is 9.53 Å². The fraction of sp³-hybridized carbons (Fsp3) is 0.389. The first kappa shape index (κ1) is 16.1. The summed E-state index contributed by atoms with van der Waals surface area (Å²) in [5.41, 5.74) is 3.50. The molecule has 0 bridgehead atoms. The lowest BCUT2D eigenvalue weighted by Gasteiger charge is -2.10. The fourth-order valence-corrected chi connectivity index (χ4v) is 2.72. The number of carbonyl (C=O) groups is 1. The van der Waals surface area contributed by atoms with E-state index in [1.807, 2.05) is 39.8 Å². The van der Waals surface area contributed by atoms with E-state index in [0.717, 1.165) is 22.4 Å². The largest absolute Gasteiger partial charge is 0.492 e. The number of aryl methyl sites for hydroxylation is 2. The van der Waals surface area contributed by atoms with E-state index in [9.17, 15) is 10.1 Å². The minimum atomic E-state index is -0.393. The van der Waals surface area contributed by atoms with E-state index < -0.39 is 5.92 Å². The minimum Gasteiger partial charge on any atom is -0.492 e. The highest BCUT2D eigenvalue weighted by Crippen LogP contribution is 2.36. The van der Waals surface area contributed by atoms with Gasteiger partial charge in [-0.25, -0.2) is 0 Å². The number of nitriles is 1. The number of nitrogens with zero attached hydrogens (tertiary/aromatic N) is 3. The Balaban J connectivity index is 1.86. The van der Waals surface area contributed by atoms with Crippen LogP contribution in [0.5, 0.6) is 5.75 Å². The molecule has 0 fully saturated rings. The van der Waals surface area contributed by atoms with Gasteiger partial charge in [0.25, 0.3) is 0 Å². The molecule has 0 saturated heterocycles. The Morgan fingerprint density at radius 2 is 2.12 bits per heavy atom. The molecule has 3 rings (SSSR count). The molecular weight excluding hydrogens is 304 g/mol.